The highest BCUT2D eigenvalue weighted by atomic mass is 16.3. The van der Waals surface area contributed by atoms with Gasteiger partial charge in [0.1, 0.15) is 22.3 Å². The number of hydrogen-bond donors (Lipinski definition) is 0. The smallest absolute Gasteiger partial charge is 0.145 e. The maximum Gasteiger partial charge on any atom is 0.145 e. The number of benzene rings is 11. The van der Waals surface area contributed by atoms with Crippen LogP contribution in [-0.2, 0) is 0 Å². The summed E-state index contributed by atoms with van der Waals surface area (Å²) in [5.41, 5.74) is 14.3. The van der Waals surface area contributed by atoms with Crippen LogP contribution in [-0.4, -0.2) is 4.57 Å². The Balaban J connectivity index is 1.07. The summed E-state index contributed by atoms with van der Waals surface area (Å²) in [4.78, 5) is 2.48. The second kappa shape index (κ2) is 14.3. The molecule has 0 radical (unpaired) electrons. The molecule has 0 bridgehead atoms. The van der Waals surface area contributed by atoms with Crippen LogP contribution in [0, 0.1) is 0 Å². The molecule has 14 aromatic rings. The number of para-hydroxylation sites is 5. The zero-order valence-electron chi connectivity index (χ0n) is 35.7. The highest BCUT2D eigenvalue weighted by Gasteiger charge is 2.27. The lowest BCUT2D eigenvalue weighted by Crippen LogP contribution is -2.12. The third-order valence-electron chi connectivity index (χ3n) is 13.6. The van der Waals surface area contributed by atoms with Crippen LogP contribution >= 0.6 is 0 Å². The number of rotatable bonds is 6. The number of aromatic nitrogens is 1. The molecule has 3 heterocycles. The van der Waals surface area contributed by atoms with Crippen molar-refractivity contribution in [3.05, 3.63) is 231 Å². The predicted molar refractivity (Wildman–Crippen MR) is 276 cm³/mol. The number of nitrogens with zero attached hydrogens (tertiary/aromatic N) is 2. The van der Waals surface area contributed by atoms with E-state index < -0.39 is 0 Å². The van der Waals surface area contributed by atoms with Gasteiger partial charge in [-0.1, -0.05) is 164 Å². The molecule has 0 unspecified atom stereocenters. The summed E-state index contributed by atoms with van der Waals surface area (Å²) in [5, 5.41) is 11.5. The van der Waals surface area contributed by atoms with E-state index >= 15 is 0 Å². The van der Waals surface area contributed by atoms with Crippen molar-refractivity contribution < 1.29 is 8.83 Å². The minimum atomic E-state index is 0.837. The Hall–Kier alpha value is -8.86. The van der Waals surface area contributed by atoms with Crippen molar-refractivity contribution in [2.75, 3.05) is 4.90 Å². The predicted octanol–water partition coefficient (Wildman–Crippen LogP) is 17.7. The average Bonchev–Trinajstić information content (AvgIpc) is 4.07. The molecule has 0 saturated heterocycles. The molecule has 0 aliphatic rings. The second-order valence-corrected chi connectivity index (χ2v) is 17.1. The Bertz CT molecular complexity index is 4210. The Labute approximate surface area is 379 Å². The normalized spacial score (nSPS) is 11.9. The third-order valence-corrected chi connectivity index (χ3v) is 13.6. The highest BCUT2D eigenvalue weighted by Crippen LogP contribution is 2.51. The molecule has 0 fully saturated rings. The van der Waals surface area contributed by atoms with Crippen molar-refractivity contribution in [2.24, 2.45) is 0 Å². The molecule has 11 aromatic carbocycles. The van der Waals surface area contributed by atoms with Crippen LogP contribution in [0.3, 0.4) is 0 Å². The van der Waals surface area contributed by atoms with Gasteiger partial charge in [0.25, 0.3) is 0 Å². The molecule has 0 atom stereocenters. The summed E-state index contributed by atoms with van der Waals surface area (Å²) in [7, 11) is 0. The number of fused-ring (bicyclic) bond motifs is 12. The Morgan fingerprint density at radius 2 is 0.894 bits per heavy atom. The van der Waals surface area contributed by atoms with Crippen LogP contribution in [0.4, 0.5) is 17.1 Å². The average molecular weight is 843 g/mol. The van der Waals surface area contributed by atoms with Crippen molar-refractivity contribution in [1.29, 1.82) is 0 Å². The van der Waals surface area contributed by atoms with Gasteiger partial charge in [0.2, 0.25) is 0 Å². The maximum absolute atomic E-state index is 7.09. The fourth-order valence-electron chi connectivity index (χ4n) is 10.7. The van der Waals surface area contributed by atoms with Gasteiger partial charge in [0.05, 0.1) is 33.5 Å². The minimum absolute atomic E-state index is 0.837. The van der Waals surface area contributed by atoms with Gasteiger partial charge in [-0.25, -0.2) is 0 Å². The Morgan fingerprint density at radius 3 is 1.68 bits per heavy atom. The monoisotopic (exact) mass is 842 g/mol. The molecule has 4 heteroatoms. The first-order valence-corrected chi connectivity index (χ1v) is 22.5. The molecule has 0 N–H and O–H groups in total. The second-order valence-electron chi connectivity index (χ2n) is 17.1. The molecule has 308 valence electrons. The fraction of sp³-hybridized carbons (Fsp3) is 0. The van der Waals surface area contributed by atoms with E-state index in [0.29, 0.717) is 0 Å². The summed E-state index contributed by atoms with van der Waals surface area (Å²) < 4.78 is 16.0. The fourth-order valence-corrected chi connectivity index (χ4v) is 10.7. The first-order chi connectivity index (χ1) is 32.8. The minimum Gasteiger partial charge on any atom is -0.456 e. The molecule has 0 spiro atoms. The zero-order valence-corrected chi connectivity index (χ0v) is 35.7. The number of hydrogen-bond acceptors (Lipinski definition) is 3. The van der Waals surface area contributed by atoms with E-state index in [0.717, 1.165) is 94.3 Å². The van der Waals surface area contributed by atoms with Crippen molar-refractivity contribution in [1.82, 2.24) is 4.57 Å². The van der Waals surface area contributed by atoms with Crippen LogP contribution < -0.4 is 4.90 Å². The molecule has 0 saturated carbocycles. The van der Waals surface area contributed by atoms with Gasteiger partial charge in [-0.15, -0.1) is 0 Å². The van der Waals surface area contributed by atoms with Gasteiger partial charge >= 0.3 is 0 Å². The number of furan rings is 2. The van der Waals surface area contributed by atoms with Crippen LogP contribution in [0.25, 0.3) is 115 Å². The van der Waals surface area contributed by atoms with E-state index in [4.69, 9.17) is 8.83 Å². The lowest BCUT2D eigenvalue weighted by atomic mass is 9.94. The van der Waals surface area contributed by atoms with Gasteiger partial charge < -0.3 is 18.3 Å². The summed E-state index contributed by atoms with van der Waals surface area (Å²) in [6.45, 7) is 0. The van der Waals surface area contributed by atoms with E-state index in [2.05, 4.69) is 234 Å². The standard InChI is InChI=1S/C62H38N2O2/c1-2-20-42-40(17-1)38-56(45-22-4-3-21-44(42)45)64(54-31-12-7-25-48(54)49-28-16-34-59-60(49)50-26-8-13-32-57(50)65-59)55-36-35-43(62-61(55)51-27-9-14-33-58(51)66-62)39-18-15-19-41(37-39)63-52-29-10-5-23-46(52)47-24-6-11-30-53(47)63/h1-38H. The van der Waals surface area contributed by atoms with Crippen LogP contribution in [0.2, 0.25) is 0 Å². The number of anilines is 3. The van der Waals surface area contributed by atoms with Gasteiger partial charge in [-0.05, 0) is 94.0 Å². The largest absolute Gasteiger partial charge is 0.456 e. The van der Waals surface area contributed by atoms with Crippen molar-refractivity contribution in [3.8, 4) is 27.9 Å². The van der Waals surface area contributed by atoms with Gasteiger partial charge in [0, 0.05) is 49.1 Å². The molecule has 4 nitrogen and oxygen atoms in total. The third kappa shape index (κ3) is 5.39. The molecule has 0 aliphatic heterocycles. The lowest BCUT2D eigenvalue weighted by Gasteiger charge is -2.30. The summed E-state index contributed by atoms with van der Waals surface area (Å²) in [6.07, 6.45) is 0. The Morgan fingerprint density at radius 1 is 0.318 bits per heavy atom. The first kappa shape index (κ1) is 36.6. The van der Waals surface area contributed by atoms with Gasteiger partial charge in [-0.3, -0.25) is 0 Å². The lowest BCUT2D eigenvalue weighted by molar-refractivity contribution is 0.669. The van der Waals surface area contributed by atoms with Crippen molar-refractivity contribution in [3.63, 3.8) is 0 Å². The summed E-state index contributed by atoms with van der Waals surface area (Å²) in [6, 6.07) is 82.7. The van der Waals surface area contributed by atoms with Crippen molar-refractivity contribution in [2.45, 2.75) is 0 Å². The van der Waals surface area contributed by atoms with Crippen LogP contribution in [0.15, 0.2) is 239 Å². The van der Waals surface area contributed by atoms with E-state index in [1.165, 1.54) is 38.0 Å². The van der Waals surface area contributed by atoms with Gasteiger partial charge in [0.15, 0.2) is 0 Å². The Kier molecular flexibility index (Phi) is 7.95. The molecule has 14 rings (SSSR count). The summed E-state index contributed by atoms with van der Waals surface area (Å²) in [5.74, 6) is 0. The topological polar surface area (TPSA) is 34.5 Å². The van der Waals surface area contributed by atoms with E-state index in [-0.39, 0.29) is 0 Å². The first-order valence-electron chi connectivity index (χ1n) is 22.5. The summed E-state index contributed by atoms with van der Waals surface area (Å²) >= 11 is 0. The van der Waals surface area contributed by atoms with Crippen molar-refractivity contribution >= 4 is 104 Å². The van der Waals surface area contributed by atoms with E-state index in [1.807, 2.05) is 6.07 Å². The molecule has 0 amide bonds. The molecular formula is C62H38N2O2. The quantitative estimate of drug-likeness (QED) is 0.156. The van der Waals surface area contributed by atoms with Crippen LogP contribution in [0.5, 0.6) is 0 Å². The molecule has 66 heavy (non-hydrogen) atoms. The zero-order chi connectivity index (χ0) is 43.3. The molecular weight excluding hydrogens is 805 g/mol. The van der Waals surface area contributed by atoms with E-state index in [1.54, 1.807) is 0 Å². The SMILES string of the molecule is c1cc(-c2ccc(N(c3ccccc3-c3cccc4oc5ccccc5c34)c3cc4ccccc4c4ccccc34)c3c2oc2ccccc23)cc(-n2c3ccccc3c3ccccc32)c1. The molecule has 0 aliphatic carbocycles. The van der Waals surface area contributed by atoms with Gasteiger partial charge in [-0.2, -0.15) is 0 Å². The van der Waals surface area contributed by atoms with E-state index in [9.17, 15) is 0 Å². The highest BCUT2D eigenvalue weighted by molar-refractivity contribution is 6.22. The maximum atomic E-state index is 7.09. The molecule has 3 aromatic heterocycles. The van der Waals surface area contributed by atoms with Crippen LogP contribution in [0.1, 0.15) is 0 Å².